The maximum atomic E-state index is 14.7. The van der Waals surface area contributed by atoms with Crippen molar-refractivity contribution < 1.29 is 23.5 Å². The lowest BCUT2D eigenvalue weighted by Gasteiger charge is -2.19. The van der Waals surface area contributed by atoms with E-state index in [0.717, 1.165) is 9.15 Å². The van der Waals surface area contributed by atoms with Gasteiger partial charge in [0.2, 0.25) is 0 Å². The fraction of sp³-hybridized carbons (Fsp3) is 0.300. The van der Waals surface area contributed by atoms with Crippen LogP contribution in [0.2, 0.25) is 0 Å². The van der Waals surface area contributed by atoms with Gasteiger partial charge in [-0.05, 0) is 81.8 Å². The standard InChI is InChI=1S/C27H27BrFN3O4.C3H8/c1-7-21-19(15-16(2)23-20(29)9-8-10-22(23)35-6)24(31-32(21)26(34)36-27(3,4)5)30-25(33)17-11-13-18(28)14-12-17;1-3-2/h7-15H,1H2,2-6H3,(H,30,31,33);3H2,1-2H3/b16-15+;. The Balaban J connectivity index is 0.00000170. The summed E-state index contributed by atoms with van der Waals surface area (Å²) in [6.07, 6.45) is 3.53. The minimum absolute atomic E-state index is 0.0818. The average molecular weight is 601 g/mol. The van der Waals surface area contributed by atoms with E-state index in [-0.39, 0.29) is 17.1 Å². The number of nitrogens with one attached hydrogen (secondary N) is 1. The molecule has 0 aliphatic heterocycles. The molecule has 2 aromatic carbocycles. The van der Waals surface area contributed by atoms with Crippen LogP contribution in [0.15, 0.2) is 53.5 Å². The van der Waals surface area contributed by atoms with Crippen molar-refractivity contribution in [2.24, 2.45) is 0 Å². The molecule has 0 atom stereocenters. The molecule has 9 heteroatoms. The summed E-state index contributed by atoms with van der Waals surface area (Å²) >= 11 is 3.34. The predicted octanol–water partition coefficient (Wildman–Crippen LogP) is 8.45. The van der Waals surface area contributed by atoms with Crippen LogP contribution in [-0.4, -0.2) is 34.5 Å². The highest BCUT2D eigenvalue weighted by Crippen LogP contribution is 2.33. The van der Waals surface area contributed by atoms with Crippen molar-refractivity contribution in [2.45, 2.75) is 53.6 Å². The Morgan fingerprint density at radius 3 is 2.31 bits per heavy atom. The van der Waals surface area contributed by atoms with Gasteiger partial charge in [-0.2, -0.15) is 4.68 Å². The smallest absolute Gasteiger partial charge is 0.435 e. The number of amides is 1. The van der Waals surface area contributed by atoms with E-state index in [1.165, 1.54) is 25.7 Å². The van der Waals surface area contributed by atoms with Gasteiger partial charge in [0.15, 0.2) is 5.82 Å². The highest BCUT2D eigenvalue weighted by Gasteiger charge is 2.25. The highest BCUT2D eigenvalue weighted by molar-refractivity contribution is 9.10. The largest absolute Gasteiger partial charge is 0.496 e. The molecule has 0 spiro atoms. The lowest BCUT2D eigenvalue weighted by atomic mass is 10.0. The fourth-order valence-electron chi connectivity index (χ4n) is 3.45. The van der Waals surface area contributed by atoms with Crippen LogP contribution in [0.5, 0.6) is 5.75 Å². The molecule has 0 radical (unpaired) electrons. The van der Waals surface area contributed by atoms with Gasteiger partial charge in [-0.15, -0.1) is 5.10 Å². The number of ether oxygens (including phenoxy) is 2. The summed E-state index contributed by atoms with van der Waals surface area (Å²) in [6.45, 7) is 14.9. The summed E-state index contributed by atoms with van der Waals surface area (Å²) in [5.41, 5.74) is 0.942. The van der Waals surface area contributed by atoms with Crippen molar-refractivity contribution in [3.05, 3.63) is 81.7 Å². The molecule has 0 aliphatic carbocycles. The van der Waals surface area contributed by atoms with Gasteiger partial charge in [-0.25, -0.2) is 9.18 Å². The SMILES string of the molecule is C=Cc1c(/C=C(\C)c2c(F)cccc2OC)c(NC(=O)c2ccc(Br)cc2)nn1C(=O)OC(C)(C)C.CCC. The number of carbonyl (C=O) groups excluding carboxylic acids is 2. The number of methoxy groups -OCH3 is 1. The number of benzene rings is 2. The Kier molecular flexibility index (Phi) is 11.2. The Morgan fingerprint density at radius 2 is 1.77 bits per heavy atom. The van der Waals surface area contributed by atoms with E-state index in [0.29, 0.717) is 22.4 Å². The summed E-state index contributed by atoms with van der Waals surface area (Å²) < 4.78 is 27.4. The summed E-state index contributed by atoms with van der Waals surface area (Å²) in [5, 5.41) is 7.07. The Morgan fingerprint density at radius 1 is 1.15 bits per heavy atom. The molecule has 1 N–H and O–H groups in total. The zero-order valence-corrected chi connectivity index (χ0v) is 25.0. The maximum absolute atomic E-state index is 14.7. The van der Waals surface area contributed by atoms with Crippen LogP contribution in [-0.2, 0) is 4.74 Å². The minimum Gasteiger partial charge on any atom is -0.496 e. The molecule has 3 rings (SSSR count). The first-order chi connectivity index (χ1) is 18.4. The summed E-state index contributed by atoms with van der Waals surface area (Å²) in [4.78, 5) is 25.9. The number of anilines is 1. The maximum Gasteiger partial charge on any atom is 0.435 e. The monoisotopic (exact) mass is 599 g/mol. The van der Waals surface area contributed by atoms with Gasteiger partial charge in [0.25, 0.3) is 5.91 Å². The number of aromatic nitrogens is 2. The van der Waals surface area contributed by atoms with Gasteiger partial charge in [0.05, 0.1) is 18.4 Å². The van der Waals surface area contributed by atoms with E-state index in [4.69, 9.17) is 9.47 Å². The molecule has 1 heterocycles. The van der Waals surface area contributed by atoms with Crippen molar-refractivity contribution >= 4 is 51.5 Å². The molecule has 0 bridgehead atoms. The molecule has 39 heavy (non-hydrogen) atoms. The number of halogens is 2. The molecular weight excluding hydrogens is 565 g/mol. The Labute approximate surface area is 237 Å². The topological polar surface area (TPSA) is 82.5 Å². The fourth-order valence-corrected chi connectivity index (χ4v) is 3.71. The van der Waals surface area contributed by atoms with Gasteiger partial charge < -0.3 is 14.8 Å². The number of hydrogen-bond donors (Lipinski definition) is 1. The van der Waals surface area contributed by atoms with E-state index in [1.54, 1.807) is 70.2 Å². The highest BCUT2D eigenvalue weighted by atomic mass is 79.9. The molecule has 3 aromatic rings. The van der Waals surface area contributed by atoms with Crippen LogP contribution >= 0.6 is 15.9 Å². The van der Waals surface area contributed by atoms with Gasteiger partial charge >= 0.3 is 6.09 Å². The molecule has 0 saturated heterocycles. The van der Waals surface area contributed by atoms with Gasteiger partial charge in [0, 0.05) is 15.6 Å². The van der Waals surface area contributed by atoms with E-state index in [2.05, 4.69) is 46.8 Å². The van der Waals surface area contributed by atoms with E-state index >= 15 is 0 Å². The van der Waals surface area contributed by atoms with Crippen molar-refractivity contribution in [3.8, 4) is 5.75 Å². The summed E-state index contributed by atoms with van der Waals surface area (Å²) in [7, 11) is 1.45. The summed E-state index contributed by atoms with van der Waals surface area (Å²) in [6, 6.07) is 11.3. The van der Waals surface area contributed by atoms with Crippen molar-refractivity contribution in [3.63, 3.8) is 0 Å². The predicted molar refractivity (Wildman–Crippen MR) is 159 cm³/mol. The van der Waals surface area contributed by atoms with Crippen LogP contribution in [0.4, 0.5) is 15.0 Å². The minimum atomic E-state index is -0.783. The molecule has 1 aromatic heterocycles. The first kappa shape index (κ1) is 31.5. The van der Waals surface area contributed by atoms with E-state index < -0.39 is 23.4 Å². The van der Waals surface area contributed by atoms with Crippen LogP contribution < -0.4 is 10.1 Å². The van der Waals surface area contributed by atoms with Crippen LogP contribution in [0.3, 0.4) is 0 Å². The zero-order valence-electron chi connectivity index (χ0n) is 23.4. The molecular formula is C30H35BrFN3O4. The van der Waals surface area contributed by atoms with Crippen molar-refractivity contribution in [1.29, 1.82) is 0 Å². The molecule has 208 valence electrons. The number of rotatable bonds is 6. The van der Waals surface area contributed by atoms with Gasteiger partial charge in [-0.1, -0.05) is 48.8 Å². The third kappa shape index (κ3) is 8.38. The third-order valence-corrected chi connectivity index (χ3v) is 5.54. The first-order valence-corrected chi connectivity index (χ1v) is 13.2. The van der Waals surface area contributed by atoms with Crippen molar-refractivity contribution in [1.82, 2.24) is 9.78 Å². The quantitative estimate of drug-likeness (QED) is 0.307. The second-order valence-electron chi connectivity index (χ2n) is 9.56. The number of hydrogen-bond acceptors (Lipinski definition) is 5. The molecule has 0 saturated carbocycles. The lowest BCUT2D eigenvalue weighted by Crippen LogP contribution is -2.28. The number of allylic oxidation sites excluding steroid dienone is 1. The lowest BCUT2D eigenvalue weighted by molar-refractivity contribution is 0.0513. The molecule has 0 fully saturated rings. The second-order valence-corrected chi connectivity index (χ2v) is 10.5. The van der Waals surface area contributed by atoms with Crippen molar-refractivity contribution in [2.75, 3.05) is 12.4 Å². The Bertz CT molecular complexity index is 1360. The number of nitrogens with zero attached hydrogens (tertiary/aromatic N) is 2. The average Bonchev–Trinajstić information content (AvgIpc) is 3.20. The van der Waals surface area contributed by atoms with Crippen LogP contribution in [0, 0.1) is 5.82 Å². The molecule has 0 unspecified atom stereocenters. The van der Waals surface area contributed by atoms with Crippen LogP contribution in [0.25, 0.3) is 17.7 Å². The molecule has 0 aliphatic rings. The van der Waals surface area contributed by atoms with Crippen LogP contribution in [0.1, 0.15) is 75.1 Å². The molecule has 1 amide bonds. The normalized spacial score (nSPS) is 11.3. The van der Waals surface area contributed by atoms with Gasteiger partial charge in [-0.3, -0.25) is 4.79 Å². The number of carbonyl (C=O) groups is 2. The summed E-state index contributed by atoms with van der Waals surface area (Å²) in [5.74, 6) is -0.506. The third-order valence-electron chi connectivity index (χ3n) is 5.01. The van der Waals surface area contributed by atoms with E-state index in [1.807, 2.05) is 0 Å². The van der Waals surface area contributed by atoms with Gasteiger partial charge in [0.1, 0.15) is 17.2 Å². The second kappa shape index (κ2) is 13.9. The van der Waals surface area contributed by atoms with E-state index in [9.17, 15) is 14.0 Å². The molecule has 7 nitrogen and oxygen atoms in total. The zero-order chi connectivity index (χ0) is 29.3. The first-order valence-electron chi connectivity index (χ1n) is 12.4. The Hall–Kier alpha value is -3.72.